The molecule has 0 aliphatic carbocycles. The van der Waals surface area contributed by atoms with E-state index in [1.807, 2.05) is 32.2 Å². The number of rotatable bonds is 12. The molecule has 8 heteroatoms. The van der Waals surface area contributed by atoms with Gasteiger partial charge in [-0.15, -0.1) is 0 Å². The van der Waals surface area contributed by atoms with Crippen LogP contribution in [0.25, 0.3) is 11.3 Å². The Bertz CT molecular complexity index is 1100. The minimum absolute atomic E-state index is 0.00745. The Morgan fingerprint density at radius 2 is 1.76 bits per heavy atom. The molecule has 2 N–H and O–H groups in total. The molecule has 1 heterocycles. The predicted octanol–water partition coefficient (Wildman–Crippen LogP) is 4.89. The number of anilines is 1. The molecule has 198 valence electrons. The fourth-order valence-electron chi connectivity index (χ4n) is 4.20. The molecule has 2 aromatic carbocycles. The highest BCUT2D eigenvalue weighted by Gasteiger charge is 2.27. The molecule has 7 nitrogen and oxygen atoms in total. The largest absolute Gasteiger partial charge is 0.394 e. The predicted molar refractivity (Wildman–Crippen MR) is 145 cm³/mol. The maximum atomic E-state index is 13.2. The van der Waals surface area contributed by atoms with E-state index in [1.54, 1.807) is 25.1 Å². The number of aliphatic hydroxyl groups is 1. The van der Waals surface area contributed by atoms with Crippen LogP contribution in [-0.4, -0.2) is 71.9 Å². The van der Waals surface area contributed by atoms with Crippen molar-refractivity contribution in [2.24, 2.45) is 5.92 Å². The highest BCUT2D eigenvalue weighted by atomic mass is 19.1. The number of nitrogens with zero attached hydrogens (tertiary/aromatic N) is 3. The molecule has 0 fully saturated rings. The number of halogens is 1. The van der Waals surface area contributed by atoms with E-state index in [-0.39, 0.29) is 30.5 Å². The van der Waals surface area contributed by atoms with E-state index in [2.05, 4.69) is 39.5 Å². The van der Waals surface area contributed by atoms with Gasteiger partial charge in [0.25, 0.3) is 0 Å². The van der Waals surface area contributed by atoms with Crippen molar-refractivity contribution >= 4 is 11.7 Å². The number of carbonyl (C=O) groups excluding carboxylic acids is 1. The lowest BCUT2D eigenvalue weighted by Crippen LogP contribution is -2.48. The Morgan fingerprint density at radius 3 is 2.35 bits per heavy atom. The Kier molecular flexibility index (Phi) is 10.6. The standard InChI is InChI=1S/C29H37FN4O3/c1-21(17-34(22(2)20-35)29(36)32-26-14-12-25(30)13-15-26)28(37-4)19-33(3)18-23-8-10-24(11-9-23)27-7-5-6-16-31-27/h5-16,21-22,28,35H,17-20H2,1-4H3,(H,32,36)/t21-,22-,28+/m1/s1. The molecule has 1 aromatic heterocycles. The SMILES string of the molecule is CO[C@@H](CN(C)Cc1ccc(-c2ccccn2)cc1)[C@H](C)CN(C(=O)Nc1ccc(F)cc1)[C@H](C)CO. The van der Waals surface area contributed by atoms with Crippen LogP contribution in [0.15, 0.2) is 72.9 Å². The average Bonchev–Trinajstić information content (AvgIpc) is 2.92. The van der Waals surface area contributed by atoms with Gasteiger partial charge in [0, 0.05) is 50.1 Å². The van der Waals surface area contributed by atoms with Gasteiger partial charge in [-0.3, -0.25) is 9.88 Å². The molecule has 0 aliphatic rings. The van der Waals surface area contributed by atoms with Crippen molar-refractivity contribution < 1.29 is 19.0 Å². The first-order valence-electron chi connectivity index (χ1n) is 12.5. The van der Waals surface area contributed by atoms with Crippen molar-refractivity contribution in [1.82, 2.24) is 14.8 Å². The smallest absolute Gasteiger partial charge is 0.322 e. The van der Waals surface area contributed by atoms with Crippen molar-refractivity contribution in [2.45, 2.75) is 32.5 Å². The lowest BCUT2D eigenvalue weighted by Gasteiger charge is -2.34. The summed E-state index contributed by atoms with van der Waals surface area (Å²) in [6.45, 7) is 5.46. The van der Waals surface area contributed by atoms with Crippen LogP contribution in [0.3, 0.4) is 0 Å². The summed E-state index contributed by atoms with van der Waals surface area (Å²) in [5.74, 6) is -0.379. The number of hydrogen-bond donors (Lipinski definition) is 2. The maximum absolute atomic E-state index is 13.2. The molecule has 3 rings (SSSR count). The van der Waals surface area contributed by atoms with Crippen LogP contribution in [0, 0.1) is 11.7 Å². The molecule has 0 bridgehead atoms. The Hall–Kier alpha value is -3.33. The average molecular weight is 509 g/mol. The van der Waals surface area contributed by atoms with Crippen LogP contribution in [0.5, 0.6) is 0 Å². The molecule has 0 spiro atoms. The van der Waals surface area contributed by atoms with E-state index < -0.39 is 6.04 Å². The lowest BCUT2D eigenvalue weighted by atomic mass is 10.0. The second kappa shape index (κ2) is 13.8. The zero-order valence-corrected chi connectivity index (χ0v) is 22.0. The van der Waals surface area contributed by atoms with E-state index in [4.69, 9.17) is 4.74 Å². The number of aromatic nitrogens is 1. The number of carbonyl (C=O) groups is 1. The van der Waals surface area contributed by atoms with E-state index in [9.17, 15) is 14.3 Å². The van der Waals surface area contributed by atoms with Crippen molar-refractivity contribution in [3.63, 3.8) is 0 Å². The highest BCUT2D eigenvalue weighted by Crippen LogP contribution is 2.19. The summed E-state index contributed by atoms with van der Waals surface area (Å²) in [6, 6.07) is 19.1. The summed E-state index contributed by atoms with van der Waals surface area (Å²) in [5.41, 5.74) is 3.69. The molecule has 2 amide bonds. The number of pyridine rings is 1. The summed E-state index contributed by atoms with van der Waals surface area (Å²) >= 11 is 0. The van der Waals surface area contributed by atoms with Gasteiger partial charge in [-0.05, 0) is 55.9 Å². The number of likely N-dealkylation sites (N-methyl/N-ethyl adjacent to an activating group) is 1. The number of urea groups is 1. The summed E-state index contributed by atoms with van der Waals surface area (Å²) in [4.78, 5) is 21.2. The molecule has 0 saturated carbocycles. The monoisotopic (exact) mass is 508 g/mol. The summed E-state index contributed by atoms with van der Waals surface area (Å²) in [7, 11) is 3.72. The first-order chi connectivity index (χ1) is 17.8. The first kappa shape index (κ1) is 28.2. The van der Waals surface area contributed by atoms with Crippen LogP contribution in [0.2, 0.25) is 0 Å². The first-order valence-corrected chi connectivity index (χ1v) is 12.5. The molecule has 0 radical (unpaired) electrons. The molecule has 3 atom stereocenters. The third-order valence-electron chi connectivity index (χ3n) is 6.43. The van der Waals surface area contributed by atoms with Gasteiger partial charge in [0.15, 0.2) is 0 Å². The van der Waals surface area contributed by atoms with E-state index in [0.717, 1.165) is 17.8 Å². The van der Waals surface area contributed by atoms with Crippen molar-refractivity contribution in [3.8, 4) is 11.3 Å². The molecular formula is C29H37FN4O3. The third kappa shape index (κ3) is 8.35. The van der Waals surface area contributed by atoms with E-state index >= 15 is 0 Å². The van der Waals surface area contributed by atoms with Crippen molar-refractivity contribution in [3.05, 3.63) is 84.3 Å². The van der Waals surface area contributed by atoms with Gasteiger partial charge in [0.05, 0.1) is 24.4 Å². The van der Waals surface area contributed by atoms with Gasteiger partial charge < -0.3 is 20.1 Å². The fraction of sp³-hybridized carbons (Fsp3) is 0.379. The quantitative estimate of drug-likeness (QED) is 0.364. The number of aliphatic hydroxyl groups excluding tert-OH is 1. The highest BCUT2D eigenvalue weighted by molar-refractivity contribution is 5.89. The van der Waals surface area contributed by atoms with Gasteiger partial charge in [0.2, 0.25) is 0 Å². The zero-order valence-electron chi connectivity index (χ0n) is 22.0. The van der Waals surface area contributed by atoms with E-state index in [1.165, 1.54) is 29.8 Å². The van der Waals surface area contributed by atoms with Crippen LogP contribution >= 0.6 is 0 Å². The molecule has 0 saturated heterocycles. The molecule has 0 aliphatic heterocycles. The third-order valence-corrected chi connectivity index (χ3v) is 6.43. The topological polar surface area (TPSA) is 77.9 Å². The Balaban J connectivity index is 1.59. The Labute approximate surface area is 218 Å². The van der Waals surface area contributed by atoms with Crippen LogP contribution in [0.1, 0.15) is 19.4 Å². The minimum atomic E-state index is -0.393. The van der Waals surface area contributed by atoms with Crippen LogP contribution < -0.4 is 5.32 Å². The van der Waals surface area contributed by atoms with Crippen molar-refractivity contribution in [1.29, 1.82) is 0 Å². The zero-order chi connectivity index (χ0) is 26.8. The molecule has 0 unspecified atom stereocenters. The molecule has 3 aromatic rings. The number of ether oxygens (including phenoxy) is 1. The number of amides is 2. The van der Waals surface area contributed by atoms with Gasteiger partial charge in [0.1, 0.15) is 5.82 Å². The number of nitrogens with one attached hydrogen (secondary N) is 1. The normalized spacial score (nSPS) is 13.7. The van der Waals surface area contributed by atoms with Gasteiger partial charge >= 0.3 is 6.03 Å². The van der Waals surface area contributed by atoms with Crippen LogP contribution in [-0.2, 0) is 11.3 Å². The Morgan fingerprint density at radius 1 is 1.05 bits per heavy atom. The van der Waals surface area contributed by atoms with Gasteiger partial charge in [-0.25, -0.2) is 9.18 Å². The molecule has 37 heavy (non-hydrogen) atoms. The second-order valence-electron chi connectivity index (χ2n) is 9.48. The van der Waals surface area contributed by atoms with Gasteiger partial charge in [-0.1, -0.05) is 37.3 Å². The summed E-state index contributed by atoms with van der Waals surface area (Å²) in [5, 5.41) is 12.5. The number of hydrogen-bond acceptors (Lipinski definition) is 5. The summed E-state index contributed by atoms with van der Waals surface area (Å²) < 4.78 is 19.0. The summed E-state index contributed by atoms with van der Waals surface area (Å²) in [6.07, 6.45) is 1.66. The fourth-order valence-corrected chi connectivity index (χ4v) is 4.20. The van der Waals surface area contributed by atoms with Crippen LogP contribution in [0.4, 0.5) is 14.9 Å². The van der Waals surface area contributed by atoms with Gasteiger partial charge in [-0.2, -0.15) is 0 Å². The minimum Gasteiger partial charge on any atom is -0.394 e. The van der Waals surface area contributed by atoms with E-state index in [0.29, 0.717) is 18.8 Å². The number of methoxy groups -OCH3 is 1. The lowest BCUT2D eigenvalue weighted by molar-refractivity contribution is 0.0177. The maximum Gasteiger partial charge on any atom is 0.322 e. The molecular weight excluding hydrogens is 471 g/mol. The second-order valence-corrected chi connectivity index (χ2v) is 9.48. The van der Waals surface area contributed by atoms with Crippen molar-refractivity contribution in [2.75, 3.05) is 39.2 Å². The number of benzene rings is 2.